The van der Waals surface area contributed by atoms with Crippen molar-refractivity contribution < 1.29 is 4.74 Å². The molecule has 0 aliphatic heterocycles. The molecular weight excluding hydrogens is 330 g/mol. The number of hydrogen-bond acceptors (Lipinski definition) is 4. The van der Waals surface area contributed by atoms with Gasteiger partial charge in [-0.25, -0.2) is 9.97 Å². The lowest BCUT2D eigenvalue weighted by atomic mass is 9.86. The molecule has 1 aromatic carbocycles. The van der Waals surface area contributed by atoms with E-state index in [0.29, 0.717) is 16.2 Å². The summed E-state index contributed by atoms with van der Waals surface area (Å²) in [7, 11) is 1.81. The van der Waals surface area contributed by atoms with Crippen molar-refractivity contribution in [1.82, 2.24) is 9.97 Å². The molecule has 0 spiro atoms. The van der Waals surface area contributed by atoms with E-state index in [9.17, 15) is 0 Å². The second-order valence-corrected chi connectivity index (χ2v) is 6.72. The van der Waals surface area contributed by atoms with E-state index in [1.165, 1.54) is 11.9 Å². The maximum absolute atomic E-state index is 5.91. The molecule has 0 amide bonds. The van der Waals surface area contributed by atoms with Gasteiger partial charge in [-0.1, -0.05) is 32.9 Å². The first-order valence-corrected chi connectivity index (χ1v) is 7.59. The highest BCUT2D eigenvalue weighted by Crippen LogP contribution is 2.34. The van der Waals surface area contributed by atoms with Gasteiger partial charge in [0.05, 0.1) is 0 Å². The zero-order chi connectivity index (χ0) is 15.6. The predicted molar refractivity (Wildman–Crippen MR) is 89.2 cm³/mol. The number of anilines is 1. The van der Waals surface area contributed by atoms with Crippen LogP contribution < -0.4 is 10.1 Å². The van der Waals surface area contributed by atoms with E-state index < -0.39 is 0 Å². The molecule has 21 heavy (non-hydrogen) atoms. The summed E-state index contributed by atoms with van der Waals surface area (Å²) in [6, 6.07) is 6.24. The lowest BCUT2D eigenvalue weighted by Crippen LogP contribution is -2.11. The molecule has 1 aromatic heterocycles. The highest BCUT2D eigenvalue weighted by Gasteiger charge is 2.16. The number of halogens is 1. The summed E-state index contributed by atoms with van der Waals surface area (Å²) in [5.41, 5.74) is 2.49. The maximum Gasteiger partial charge on any atom is 0.238 e. The van der Waals surface area contributed by atoms with Crippen LogP contribution in [0.1, 0.15) is 31.9 Å². The summed E-state index contributed by atoms with van der Waals surface area (Å²) in [6.45, 7) is 8.63. The minimum absolute atomic E-state index is 0.123. The van der Waals surface area contributed by atoms with Gasteiger partial charge in [-0.2, -0.15) is 0 Å². The Morgan fingerprint density at radius 3 is 2.48 bits per heavy atom. The molecule has 0 bridgehead atoms. The Morgan fingerprint density at radius 1 is 1.19 bits per heavy atom. The standard InChI is InChI=1S/C16H20BrN3O/c1-10-8-11(16(2,3)4)6-7-12(10)21-15-13(17)14(18-5)19-9-20-15/h6-9H,1-5H3,(H,18,19,20). The van der Waals surface area contributed by atoms with Crippen LogP contribution >= 0.6 is 15.9 Å². The maximum atomic E-state index is 5.91. The van der Waals surface area contributed by atoms with Crippen molar-refractivity contribution in [1.29, 1.82) is 0 Å². The Hall–Kier alpha value is -1.62. The van der Waals surface area contributed by atoms with Crippen LogP contribution in [0.3, 0.4) is 0 Å². The summed E-state index contributed by atoms with van der Waals surface area (Å²) in [6.07, 6.45) is 1.48. The average Bonchev–Trinajstić information content (AvgIpc) is 2.42. The third-order valence-electron chi connectivity index (χ3n) is 3.24. The Kier molecular flexibility index (Phi) is 4.52. The number of nitrogens with one attached hydrogen (secondary N) is 1. The fourth-order valence-corrected chi connectivity index (χ4v) is 2.42. The fourth-order valence-electron chi connectivity index (χ4n) is 1.93. The molecule has 0 unspecified atom stereocenters. The van der Waals surface area contributed by atoms with Crippen molar-refractivity contribution >= 4 is 21.7 Å². The van der Waals surface area contributed by atoms with Gasteiger partial charge in [-0.15, -0.1) is 0 Å². The molecule has 1 N–H and O–H groups in total. The summed E-state index contributed by atoms with van der Waals surface area (Å²) in [5, 5.41) is 2.99. The second-order valence-electron chi connectivity index (χ2n) is 5.92. The summed E-state index contributed by atoms with van der Waals surface area (Å²) in [4.78, 5) is 8.29. The Balaban J connectivity index is 2.33. The quantitative estimate of drug-likeness (QED) is 0.873. The lowest BCUT2D eigenvalue weighted by molar-refractivity contribution is 0.454. The highest BCUT2D eigenvalue weighted by atomic mass is 79.9. The van der Waals surface area contributed by atoms with E-state index in [4.69, 9.17) is 4.74 Å². The molecule has 0 aliphatic carbocycles. The molecule has 2 rings (SSSR count). The number of hydrogen-bond donors (Lipinski definition) is 1. The molecule has 4 nitrogen and oxygen atoms in total. The number of aromatic nitrogens is 2. The van der Waals surface area contributed by atoms with Gasteiger partial charge in [0, 0.05) is 7.05 Å². The highest BCUT2D eigenvalue weighted by molar-refractivity contribution is 9.10. The number of nitrogens with zero attached hydrogens (tertiary/aromatic N) is 2. The molecule has 0 saturated carbocycles. The SMILES string of the molecule is CNc1ncnc(Oc2ccc(C(C)(C)C)cc2C)c1Br. The molecule has 0 aliphatic rings. The van der Waals surface area contributed by atoms with E-state index in [-0.39, 0.29) is 5.41 Å². The molecule has 0 radical (unpaired) electrons. The first-order chi connectivity index (χ1) is 9.82. The van der Waals surface area contributed by atoms with E-state index in [0.717, 1.165) is 11.3 Å². The topological polar surface area (TPSA) is 47.0 Å². The van der Waals surface area contributed by atoms with Crippen molar-refractivity contribution in [3.63, 3.8) is 0 Å². The zero-order valence-electron chi connectivity index (χ0n) is 13.0. The molecule has 5 heteroatoms. The Labute approximate surface area is 134 Å². The third-order valence-corrected chi connectivity index (χ3v) is 3.96. The van der Waals surface area contributed by atoms with Gasteiger partial charge in [0.25, 0.3) is 0 Å². The van der Waals surface area contributed by atoms with Gasteiger partial charge < -0.3 is 10.1 Å². The summed E-state index contributed by atoms with van der Waals surface area (Å²) >= 11 is 3.46. The van der Waals surface area contributed by atoms with E-state index in [1.54, 1.807) is 7.05 Å². The van der Waals surface area contributed by atoms with Crippen LogP contribution in [0.5, 0.6) is 11.6 Å². The summed E-state index contributed by atoms with van der Waals surface area (Å²) < 4.78 is 6.63. The Bertz CT molecular complexity index is 650. The smallest absolute Gasteiger partial charge is 0.238 e. The van der Waals surface area contributed by atoms with Gasteiger partial charge >= 0.3 is 0 Å². The number of rotatable bonds is 3. The first kappa shape index (κ1) is 15.8. The average molecular weight is 350 g/mol. The molecule has 0 saturated heterocycles. The van der Waals surface area contributed by atoms with E-state index >= 15 is 0 Å². The second kappa shape index (κ2) is 6.02. The van der Waals surface area contributed by atoms with Crippen LogP contribution in [0.15, 0.2) is 29.0 Å². The van der Waals surface area contributed by atoms with Crippen LogP contribution in [0.2, 0.25) is 0 Å². The van der Waals surface area contributed by atoms with Crippen LogP contribution in [0.25, 0.3) is 0 Å². The largest absolute Gasteiger partial charge is 0.437 e. The molecular formula is C16H20BrN3O. The fraction of sp³-hybridized carbons (Fsp3) is 0.375. The van der Waals surface area contributed by atoms with Crippen molar-refractivity contribution in [2.75, 3.05) is 12.4 Å². The lowest BCUT2D eigenvalue weighted by Gasteiger charge is -2.20. The van der Waals surface area contributed by atoms with Crippen LogP contribution in [-0.4, -0.2) is 17.0 Å². The van der Waals surface area contributed by atoms with Crippen LogP contribution in [-0.2, 0) is 5.41 Å². The number of ether oxygens (including phenoxy) is 1. The molecule has 0 atom stereocenters. The van der Waals surface area contributed by atoms with Gasteiger partial charge in [0.2, 0.25) is 5.88 Å². The van der Waals surface area contributed by atoms with Gasteiger partial charge in [0.15, 0.2) is 0 Å². The first-order valence-electron chi connectivity index (χ1n) is 6.80. The third kappa shape index (κ3) is 3.53. The van der Waals surface area contributed by atoms with Gasteiger partial charge in [0.1, 0.15) is 22.4 Å². The van der Waals surface area contributed by atoms with Crippen molar-refractivity contribution in [3.05, 3.63) is 40.1 Å². The minimum Gasteiger partial charge on any atom is -0.437 e. The van der Waals surface area contributed by atoms with Crippen molar-refractivity contribution in [3.8, 4) is 11.6 Å². The summed E-state index contributed by atoms with van der Waals surface area (Å²) in [5.74, 6) is 1.99. The molecule has 112 valence electrons. The normalized spacial score (nSPS) is 11.3. The molecule has 2 aromatic rings. The monoisotopic (exact) mass is 349 g/mol. The predicted octanol–water partition coefficient (Wildman–Crippen LogP) is 4.68. The number of benzene rings is 1. The molecule has 0 fully saturated rings. The minimum atomic E-state index is 0.123. The Morgan fingerprint density at radius 2 is 1.90 bits per heavy atom. The van der Waals surface area contributed by atoms with E-state index in [1.807, 2.05) is 13.0 Å². The van der Waals surface area contributed by atoms with Crippen molar-refractivity contribution in [2.24, 2.45) is 0 Å². The van der Waals surface area contributed by atoms with Gasteiger partial charge in [-0.3, -0.25) is 0 Å². The zero-order valence-corrected chi connectivity index (χ0v) is 14.6. The molecule has 1 heterocycles. The van der Waals surface area contributed by atoms with Crippen LogP contribution in [0, 0.1) is 6.92 Å². The van der Waals surface area contributed by atoms with Gasteiger partial charge in [-0.05, 0) is 45.5 Å². The number of aryl methyl sites for hydroxylation is 1. The van der Waals surface area contributed by atoms with E-state index in [2.05, 4.69) is 64.1 Å². The van der Waals surface area contributed by atoms with Crippen molar-refractivity contribution in [2.45, 2.75) is 33.1 Å². The van der Waals surface area contributed by atoms with Crippen LogP contribution in [0.4, 0.5) is 5.82 Å².